The van der Waals surface area contributed by atoms with Crippen LogP contribution in [0, 0.1) is 0 Å². The average molecular weight is 208 g/mol. The molecule has 0 aromatic carbocycles. The molecule has 0 bridgehead atoms. The van der Waals surface area contributed by atoms with Gasteiger partial charge in [0.05, 0.1) is 6.61 Å². The Balaban J connectivity index is 1.93. The molecule has 14 heavy (non-hydrogen) atoms. The summed E-state index contributed by atoms with van der Waals surface area (Å²) in [5.74, 6) is -0.197. The standard InChI is InChI=1S/C8H14F2N2O2/c9-7(10)4-14-2-1-8(13)12-6-3-5(6)11/h5-7H,1-4,11H2,(H,12,13). The summed E-state index contributed by atoms with van der Waals surface area (Å²) < 4.78 is 27.7. The molecule has 0 aromatic heterocycles. The predicted molar refractivity (Wildman–Crippen MR) is 46.0 cm³/mol. The number of carbonyl (C=O) groups excluding carboxylic acids is 1. The van der Waals surface area contributed by atoms with Gasteiger partial charge in [-0.05, 0) is 6.42 Å². The van der Waals surface area contributed by atoms with E-state index in [4.69, 9.17) is 5.73 Å². The van der Waals surface area contributed by atoms with Crippen molar-refractivity contribution in [3.8, 4) is 0 Å². The number of halogens is 2. The average Bonchev–Trinajstić information content (AvgIpc) is 2.75. The van der Waals surface area contributed by atoms with Gasteiger partial charge in [0.1, 0.15) is 6.61 Å². The largest absolute Gasteiger partial charge is 0.375 e. The fraction of sp³-hybridized carbons (Fsp3) is 0.875. The molecule has 0 aromatic rings. The third kappa shape index (κ3) is 4.48. The van der Waals surface area contributed by atoms with Crippen LogP contribution in [-0.4, -0.2) is 37.6 Å². The quantitative estimate of drug-likeness (QED) is 0.598. The third-order valence-electron chi connectivity index (χ3n) is 1.90. The monoisotopic (exact) mass is 208 g/mol. The fourth-order valence-corrected chi connectivity index (χ4v) is 0.997. The lowest BCUT2D eigenvalue weighted by molar-refractivity contribution is -0.122. The molecule has 1 rings (SSSR count). The smallest absolute Gasteiger partial charge is 0.261 e. The summed E-state index contributed by atoms with van der Waals surface area (Å²) in [5.41, 5.74) is 5.46. The van der Waals surface area contributed by atoms with E-state index < -0.39 is 13.0 Å². The molecule has 1 amide bonds. The summed E-state index contributed by atoms with van der Waals surface area (Å²) in [5, 5.41) is 2.66. The lowest BCUT2D eigenvalue weighted by atomic mass is 10.4. The van der Waals surface area contributed by atoms with E-state index in [2.05, 4.69) is 10.1 Å². The van der Waals surface area contributed by atoms with Crippen molar-refractivity contribution in [2.75, 3.05) is 13.2 Å². The van der Waals surface area contributed by atoms with E-state index in [-0.39, 0.29) is 31.0 Å². The van der Waals surface area contributed by atoms with Crippen molar-refractivity contribution < 1.29 is 18.3 Å². The summed E-state index contributed by atoms with van der Waals surface area (Å²) in [6, 6.07) is 0.124. The number of ether oxygens (including phenoxy) is 1. The molecule has 4 nitrogen and oxygen atoms in total. The molecule has 2 atom stereocenters. The molecular formula is C8H14F2N2O2. The summed E-state index contributed by atoms with van der Waals surface area (Å²) >= 11 is 0. The van der Waals surface area contributed by atoms with Crippen molar-refractivity contribution in [2.45, 2.75) is 31.4 Å². The highest BCUT2D eigenvalue weighted by Gasteiger charge is 2.34. The van der Waals surface area contributed by atoms with Gasteiger partial charge in [-0.1, -0.05) is 0 Å². The van der Waals surface area contributed by atoms with E-state index in [1.807, 2.05) is 0 Å². The van der Waals surface area contributed by atoms with E-state index in [1.165, 1.54) is 0 Å². The molecule has 82 valence electrons. The van der Waals surface area contributed by atoms with Crippen molar-refractivity contribution in [3.63, 3.8) is 0 Å². The molecule has 1 aliphatic rings. The normalized spacial score (nSPS) is 25.1. The SMILES string of the molecule is NC1CC1NC(=O)CCOCC(F)F. The zero-order valence-corrected chi connectivity index (χ0v) is 7.71. The fourth-order valence-electron chi connectivity index (χ4n) is 0.997. The maximum Gasteiger partial charge on any atom is 0.261 e. The second-order valence-corrected chi connectivity index (χ2v) is 3.29. The molecule has 0 saturated heterocycles. The molecule has 0 radical (unpaired) electrons. The van der Waals surface area contributed by atoms with Crippen LogP contribution in [0.1, 0.15) is 12.8 Å². The van der Waals surface area contributed by atoms with Crippen molar-refractivity contribution >= 4 is 5.91 Å². The van der Waals surface area contributed by atoms with Crippen molar-refractivity contribution in [2.24, 2.45) is 5.73 Å². The highest BCUT2D eigenvalue weighted by atomic mass is 19.3. The lowest BCUT2D eigenvalue weighted by Crippen LogP contribution is -2.30. The number of hydrogen-bond donors (Lipinski definition) is 2. The van der Waals surface area contributed by atoms with Gasteiger partial charge in [0.15, 0.2) is 0 Å². The minimum Gasteiger partial charge on any atom is -0.375 e. The first-order valence-electron chi connectivity index (χ1n) is 4.50. The van der Waals surface area contributed by atoms with Crippen LogP contribution in [-0.2, 0) is 9.53 Å². The van der Waals surface area contributed by atoms with Crippen molar-refractivity contribution in [1.29, 1.82) is 0 Å². The summed E-state index contributed by atoms with van der Waals surface area (Å²) in [6.07, 6.45) is -1.57. The van der Waals surface area contributed by atoms with Crippen LogP contribution < -0.4 is 11.1 Å². The van der Waals surface area contributed by atoms with Crippen LogP contribution in [0.15, 0.2) is 0 Å². The van der Waals surface area contributed by atoms with Gasteiger partial charge in [-0.25, -0.2) is 8.78 Å². The topological polar surface area (TPSA) is 64.3 Å². The molecule has 1 fully saturated rings. The first-order chi connectivity index (χ1) is 6.59. The predicted octanol–water partition coefficient (Wildman–Crippen LogP) is -0.126. The first kappa shape index (κ1) is 11.3. The van der Waals surface area contributed by atoms with E-state index in [9.17, 15) is 13.6 Å². The van der Waals surface area contributed by atoms with Gasteiger partial charge >= 0.3 is 0 Å². The Kier molecular flexibility index (Phi) is 4.21. The van der Waals surface area contributed by atoms with E-state index >= 15 is 0 Å². The maximum absolute atomic E-state index is 11.6. The second kappa shape index (κ2) is 5.21. The van der Waals surface area contributed by atoms with E-state index in [0.29, 0.717) is 0 Å². The number of rotatable bonds is 6. The molecule has 0 spiro atoms. The number of alkyl halides is 2. The number of hydrogen-bond acceptors (Lipinski definition) is 3. The van der Waals surface area contributed by atoms with E-state index in [1.54, 1.807) is 0 Å². The number of carbonyl (C=O) groups is 1. The highest BCUT2D eigenvalue weighted by Crippen LogP contribution is 2.17. The van der Waals surface area contributed by atoms with Crippen LogP contribution in [0.25, 0.3) is 0 Å². The Morgan fingerprint density at radius 3 is 2.79 bits per heavy atom. The maximum atomic E-state index is 11.6. The molecule has 2 unspecified atom stereocenters. The number of nitrogens with two attached hydrogens (primary N) is 1. The number of amides is 1. The molecule has 0 aliphatic heterocycles. The minimum absolute atomic E-state index is 0.0259. The van der Waals surface area contributed by atoms with Gasteiger partial charge in [-0.3, -0.25) is 4.79 Å². The molecule has 6 heteroatoms. The molecular weight excluding hydrogens is 194 g/mol. The van der Waals surface area contributed by atoms with Gasteiger partial charge in [0.2, 0.25) is 5.91 Å². The summed E-state index contributed by atoms with van der Waals surface area (Å²) in [7, 11) is 0. The van der Waals surface area contributed by atoms with Gasteiger partial charge in [0.25, 0.3) is 6.43 Å². The minimum atomic E-state index is -2.48. The van der Waals surface area contributed by atoms with E-state index in [0.717, 1.165) is 6.42 Å². The summed E-state index contributed by atoms with van der Waals surface area (Å²) in [4.78, 5) is 11.0. The van der Waals surface area contributed by atoms with Crippen molar-refractivity contribution in [3.05, 3.63) is 0 Å². The second-order valence-electron chi connectivity index (χ2n) is 3.29. The van der Waals surface area contributed by atoms with Crippen LogP contribution >= 0.6 is 0 Å². The van der Waals surface area contributed by atoms with Gasteiger partial charge in [0, 0.05) is 18.5 Å². The molecule has 0 heterocycles. The zero-order chi connectivity index (χ0) is 10.6. The Hall–Kier alpha value is -0.750. The number of nitrogens with one attached hydrogen (secondary N) is 1. The lowest BCUT2D eigenvalue weighted by Gasteiger charge is -2.04. The van der Waals surface area contributed by atoms with Crippen LogP contribution in [0.4, 0.5) is 8.78 Å². The van der Waals surface area contributed by atoms with Gasteiger partial charge in [-0.2, -0.15) is 0 Å². The molecule has 1 aliphatic carbocycles. The van der Waals surface area contributed by atoms with Crippen molar-refractivity contribution in [1.82, 2.24) is 5.32 Å². The Labute approximate surface area is 80.8 Å². The third-order valence-corrected chi connectivity index (χ3v) is 1.90. The van der Waals surface area contributed by atoms with Gasteiger partial charge in [-0.15, -0.1) is 0 Å². The van der Waals surface area contributed by atoms with Crippen LogP contribution in [0.5, 0.6) is 0 Å². The Morgan fingerprint density at radius 2 is 2.29 bits per heavy atom. The molecule has 1 saturated carbocycles. The van der Waals surface area contributed by atoms with Gasteiger partial charge < -0.3 is 15.8 Å². The van der Waals surface area contributed by atoms with Crippen LogP contribution in [0.2, 0.25) is 0 Å². The first-order valence-corrected chi connectivity index (χ1v) is 4.50. The molecule has 3 N–H and O–H groups in total. The summed E-state index contributed by atoms with van der Waals surface area (Å²) in [6.45, 7) is -0.589. The highest BCUT2D eigenvalue weighted by molar-refractivity contribution is 5.76. The Morgan fingerprint density at radius 1 is 1.64 bits per heavy atom. The van der Waals surface area contributed by atoms with Crippen LogP contribution in [0.3, 0.4) is 0 Å². The Bertz CT molecular complexity index is 202. The zero-order valence-electron chi connectivity index (χ0n) is 7.71.